The number of nitrogens with one attached hydrogen (secondary N) is 2. The Balaban J connectivity index is 1.74. The predicted octanol–water partition coefficient (Wildman–Crippen LogP) is -0.488. The number of anilines is 1. The summed E-state index contributed by atoms with van der Waals surface area (Å²) in [6.07, 6.45) is 1.41. The van der Waals surface area contributed by atoms with Gasteiger partial charge in [-0.05, 0) is 14.1 Å². The lowest BCUT2D eigenvalue weighted by molar-refractivity contribution is 0.0383. The Hall–Kier alpha value is -1.77. The van der Waals surface area contributed by atoms with Gasteiger partial charge < -0.3 is 20.3 Å². The third-order valence-electron chi connectivity index (χ3n) is 3.58. The van der Waals surface area contributed by atoms with Gasteiger partial charge in [0.05, 0.1) is 13.2 Å². The van der Waals surface area contributed by atoms with Crippen molar-refractivity contribution in [3.63, 3.8) is 0 Å². The van der Waals surface area contributed by atoms with E-state index in [1.165, 1.54) is 6.33 Å². The van der Waals surface area contributed by atoms with Crippen molar-refractivity contribution in [1.82, 2.24) is 25.1 Å². The summed E-state index contributed by atoms with van der Waals surface area (Å²) in [6, 6.07) is 1.68. The van der Waals surface area contributed by atoms with Crippen LogP contribution in [0.25, 0.3) is 0 Å². The highest BCUT2D eigenvalue weighted by atomic mass is 16.5. The zero-order valence-corrected chi connectivity index (χ0v) is 13.9. The van der Waals surface area contributed by atoms with Gasteiger partial charge in [-0.3, -0.25) is 9.69 Å². The van der Waals surface area contributed by atoms with Crippen molar-refractivity contribution in [2.75, 3.05) is 71.9 Å². The van der Waals surface area contributed by atoms with E-state index in [0.717, 1.165) is 45.9 Å². The number of likely N-dealkylation sites (N-methyl/N-ethyl adjacent to an activating group) is 1. The molecule has 23 heavy (non-hydrogen) atoms. The van der Waals surface area contributed by atoms with Gasteiger partial charge in [-0.25, -0.2) is 9.97 Å². The molecule has 2 N–H and O–H groups in total. The van der Waals surface area contributed by atoms with Crippen molar-refractivity contribution in [3.8, 4) is 0 Å². The lowest BCUT2D eigenvalue weighted by Crippen LogP contribution is -2.41. The molecule has 8 heteroatoms. The van der Waals surface area contributed by atoms with Crippen LogP contribution in [0.15, 0.2) is 12.4 Å². The molecule has 0 spiro atoms. The fraction of sp³-hybridized carbons (Fsp3) is 0.667. The van der Waals surface area contributed by atoms with Crippen molar-refractivity contribution >= 4 is 11.7 Å². The van der Waals surface area contributed by atoms with E-state index < -0.39 is 0 Å². The summed E-state index contributed by atoms with van der Waals surface area (Å²) in [4.78, 5) is 24.7. The van der Waals surface area contributed by atoms with Gasteiger partial charge in [0.1, 0.15) is 17.8 Å². The van der Waals surface area contributed by atoms with Crippen LogP contribution in [0.5, 0.6) is 0 Å². The number of rotatable bonds is 8. The first-order chi connectivity index (χ1) is 11.1. The Morgan fingerprint density at radius 3 is 2.83 bits per heavy atom. The van der Waals surface area contributed by atoms with Crippen LogP contribution in [0.4, 0.5) is 5.82 Å². The summed E-state index contributed by atoms with van der Waals surface area (Å²) in [6.45, 7) is 6.46. The van der Waals surface area contributed by atoms with Crippen molar-refractivity contribution < 1.29 is 9.53 Å². The molecule has 1 fully saturated rings. The van der Waals surface area contributed by atoms with Gasteiger partial charge in [-0.1, -0.05) is 0 Å². The van der Waals surface area contributed by atoms with Crippen LogP contribution >= 0.6 is 0 Å². The van der Waals surface area contributed by atoms with Crippen LogP contribution in [0, 0.1) is 0 Å². The quantitative estimate of drug-likeness (QED) is 0.668. The number of carbonyl (C=O) groups excluding carboxylic acids is 1. The first-order valence-electron chi connectivity index (χ1n) is 7.94. The second-order valence-electron chi connectivity index (χ2n) is 5.73. The average Bonchev–Trinajstić information content (AvgIpc) is 2.56. The Labute approximate surface area is 137 Å². The summed E-state index contributed by atoms with van der Waals surface area (Å²) in [5.41, 5.74) is 0.384. The minimum atomic E-state index is -0.170. The van der Waals surface area contributed by atoms with E-state index in [9.17, 15) is 4.79 Å². The maximum atomic E-state index is 12.1. The highest BCUT2D eigenvalue weighted by Gasteiger charge is 2.12. The fourth-order valence-corrected chi connectivity index (χ4v) is 2.23. The van der Waals surface area contributed by atoms with Gasteiger partial charge in [0, 0.05) is 45.3 Å². The van der Waals surface area contributed by atoms with E-state index in [-0.39, 0.29) is 5.91 Å². The molecule has 128 valence electrons. The molecule has 0 saturated carbocycles. The molecule has 2 rings (SSSR count). The lowest BCUT2D eigenvalue weighted by Gasteiger charge is -2.26. The van der Waals surface area contributed by atoms with Crippen LogP contribution < -0.4 is 10.6 Å². The number of aromatic nitrogens is 2. The van der Waals surface area contributed by atoms with Gasteiger partial charge in [0.2, 0.25) is 0 Å². The number of nitrogens with zero attached hydrogens (tertiary/aromatic N) is 4. The molecule has 0 unspecified atom stereocenters. The summed E-state index contributed by atoms with van der Waals surface area (Å²) >= 11 is 0. The van der Waals surface area contributed by atoms with Crippen LogP contribution in [-0.4, -0.2) is 92.3 Å². The van der Waals surface area contributed by atoms with Crippen molar-refractivity contribution in [1.29, 1.82) is 0 Å². The van der Waals surface area contributed by atoms with E-state index in [2.05, 4.69) is 30.4 Å². The number of hydrogen-bond donors (Lipinski definition) is 2. The summed E-state index contributed by atoms with van der Waals surface area (Å²) in [5, 5.41) is 6.08. The molecule has 1 aromatic heterocycles. The van der Waals surface area contributed by atoms with Crippen molar-refractivity contribution in [3.05, 3.63) is 18.1 Å². The smallest absolute Gasteiger partial charge is 0.270 e. The Kier molecular flexibility index (Phi) is 7.18. The van der Waals surface area contributed by atoms with Crippen molar-refractivity contribution in [2.45, 2.75) is 0 Å². The minimum absolute atomic E-state index is 0.170. The summed E-state index contributed by atoms with van der Waals surface area (Å²) in [5.74, 6) is 0.497. The molecule has 1 aliphatic heterocycles. The maximum absolute atomic E-state index is 12.1. The summed E-state index contributed by atoms with van der Waals surface area (Å²) < 4.78 is 5.30. The molecule has 1 amide bonds. The molecular formula is C15H26N6O2. The van der Waals surface area contributed by atoms with E-state index in [1.54, 1.807) is 6.07 Å². The molecule has 0 aromatic carbocycles. The molecular weight excluding hydrogens is 296 g/mol. The van der Waals surface area contributed by atoms with Gasteiger partial charge in [0.15, 0.2) is 0 Å². The normalized spacial score (nSPS) is 15.6. The third kappa shape index (κ3) is 6.47. The van der Waals surface area contributed by atoms with Gasteiger partial charge in [-0.2, -0.15) is 0 Å². The van der Waals surface area contributed by atoms with E-state index in [0.29, 0.717) is 18.1 Å². The zero-order valence-electron chi connectivity index (χ0n) is 13.9. The third-order valence-corrected chi connectivity index (χ3v) is 3.58. The van der Waals surface area contributed by atoms with Crippen LogP contribution in [0.3, 0.4) is 0 Å². The van der Waals surface area contributed by atoms with Crippen molar-refractivity contribution in [2.24, 2.45) is 0 Å². The number of carbonyl (C=O) groups is 1. The van der Waals surface area contributed by atoms with E-state index in [1.807, 2.05) is 14.1 Å². The SMILES string of the molecule is CN(C)CCNc1cc(C(=O)NCCN2CCOCC2)ncn1. The van der Waals surface area contributed by atoms with Crippen LogP contribution in [-0.2, 0) is 4.74 Å². The number of hydrogen-bond acceptors (Lipinski definition) is 7. The van der Waals surface area contributed by atoms with E-state index in [4.69, 9.17) is 4.74 Å². The molecule has 0 radical (unpaired) electrons. The maximum Gasteiger partial charge on any atom is 0.270 e. The Morgan fingerprint density at radius 1 is 1.30 bits per heavy atom. The lowest BCUT2D eigenvalue weighted by atomic mass is 10.3. The van der Waals surface area contributed by atoms with E-state index >= 15 is 0 Å². The first-order valence-corrected chi connectivity index (χ1v) is 7.94. The molecule has 1 aliphatic rings. The molecule has 0 atom stereocenters. The second-order valence-corrected chi connectivity index (χ2v) is 5.73. The molecule has 0 aliphatic carbocycles. The zero-order chi connectivity index (χ0) is 16.5. The largest absolute Gasteiger partial charge is 0.379 e. The van der Waals surface area contributed by atoms with Gasteiger partial charge >= 0.3 is 0 Å². The van der Waals surface area contributed by atoms with Gasteiger partial charge in [-0.15, -0.1) is 0 Å². The standard InChI is InChI=1S/C15H26N6O2/c1-20(2)5-3-16-14-11-13(18-12-19-14)15(22)17-4-6-21-7-9-23-10-8-21/h11-12H,3-10H2,1-2H3,(H,17,22)(H,16,18,19). The monoisotopic (exact) mass is 322 g/mol. The average molecular weight is 322 g/mol. The molecule has 1 saturated heterocycles. The Morgan fingerprint density at radius 2 is 2.09 bits per heavy atom. The minimum Gasteiger partial charge on any atom is -0.379 e. The fourth-order valence-electron chi connectivity index (χ4n) is 2.23. The number of amides is 1. The van der Waals surface area contributed by atoms with Crippen LogP contribution in [0.1, 0.15) is 10.5 Å². The number of ether oxygens (including phenoxy) is 1. The van der Waals surface area contributed by atoms with Crippen LogP contribution in [0.2, 0.25) is 0 Å². The first kappa shape index (κ1) is 17.6. The number of morpholine rings is 1. The van der Waals surface area contributed by atoms with Gasteiger partial charge in [0.25, 0.3) is 5.91 Å². The second kappa shape index (κ2) is 9.39. The topological polar surface area (TPSA) is 82.6 Å². The Bertz CT molecular complexity index is 491. The predicted molar refractivity (Wildman–Crippen MR) is 88.7 cm³/mol. The molecule has 0 bridgehead atoms. The highest BCUT2D eigenvalue weighted by molar-refractivity contribution is 5.92. The molecule has 1 aromatic rings. The molecule has 2 heterocycles. The highest BCUT2D eigenvalue weighted by Crippen LogP contribution is 2.03. The molecule has 8 nitrogen and oxygen atoms in total. The summed E-state index contributed by atoms with van der Waals surface area (Å²) in [7, 11) is 4.02.